The number of carbonyl (C=O) groups excluding carboxylic acids is 2. The number of nitrogens with one attached hydrogen (secondary N) is 2. The molecule has 0 aliphatic rings. The van der Waals surface area contributed by atoms with Crippen LogP contribution in [0, 0.1) is 17.0 Å². The zero-order chi connectivity index (χ0) is 21.7. The van der Waals surface area contributed by atoms with E-state index < -0.39 is 22.9 Å². The number of nitro groups is 1. The quantitative estimate of drug-likeness (QED) is 0.341. The van der Waals surface area contributed by atoms with E-state index in [-0.39, 0.29) is 22.8 Å². The third kappa shape index (κ3) is 4.98. The summed E-state index contributed by atoms with van der Waals surface area (Å²) in [4.78, 5) is 35.4. The van der Waals surface area contributed by atoms with Gasteiger partial charge in [-0.3, -0.25) is 14.9 Å². The highest BCUT2D eigenvalue weighted by atomic mass is 16.6. The van der Waals surface area contributed by atoms with Crippen molar-refractivity contribution in [1.82, 2.24) is 5.16 Å². The standard InChI is InChI=1S/C20H18N4O6/c1-12-10-18(23-30-12)22-19(25)13(2)29-20(26)14-8-9-16(17(11-14)24(27)28)21-15-6-4-3-5-7-15/h3-11,13,21H,1-2H3,(H,22,23,25)/t13-/m0/s1. The van der Waals surface area contributed by atoms with Crippen LogP contribution in [0.15, 0.2) is 59.1 Å². The summed E-state index contributed by atoms with van der Waals surface area (Å²) in [6.45, 7) is 3.04. The number of para-hydroxylation sites is 1. The number of nitrogens with zero attached hydrogens (tertiary/aromatic N) is 2. The van der Waals surface area contributed by atoms with Crippen molar-refractivity contribution in [3.63, 3.8) is 0 Å². The van der Waals surface area contributed by atoms with Crippen LogP contribution in [-0.2, 0) is 9.53 Å². The maximum absolute atomic E-state index is 12.4. The minimum atomic E-state index is -1.16. The number of ether oxygens (including phenoxy) is 1. The molecule has 0 aliphatic heterocycles. The molecule has 0 saturated heterocycles. The first kappa shape index (κ1) is 20.5. The highest BCUT2D eigenvalue weighted by molar-refractivity contribution is 5.97. The Balaban J connectivity index is 1.71. The molecule has 3 aromatic rings. The third-order valence-corrected chi connectivity index (χ3v) is 4.02. The van der Waals surface area contributed by atoms with Crippen molar-refractivity contribution in [1.29, 1.82) is 0 Å². The Kier molecular flexibility index (Phi) is 6.06. The number of nitro benzene ring substituents is 1. The lowest BCUT2D eigenvalue weighted by Crippen LogP contribution is -2.30. The Labute approximate surface area is 171 Å². The van der Waals surface area contributed by atoms with Gasteiger partial charge in [0.1, 0.15) is 11.4 Å². The van der Waals surface area contributed by atoms with Gasteiger partial charge in [-0.2, -0.15) is 0 Å². The number of esters is 1. The smallest absolute Gasteiger partial charge is 0.339 e. The maximum atomic E-state index is 12.4. The third-order valence-electron chi connectivity index (χ3n) is 4.02. The summed E-state index contributed by atoms with van der Waals surface area (Å²) in [5.74, 6) is -0.796. The molecule has 0 fully saturated rings. The second kappa shape index (κ2) is 8.86. The van der Waals surface area contributed by atoms with E-state index in [1.807, 2.05) is 6.07 Å². The molecule has 30 heavy (non-hydrogen) atoms. The van der Waals surface area contributed by atoms with Gasteiger partial charge in [0.2, 0.25) is 0 Å². The van der Waals surface area contributed by atoms with Crippen molar-refractivity contribution >= 4 is 34.8 Å². The summed E-state index contributed by atoms with van der Waals surface area (Å²) in [7, 11) is 0. The second-order valence-electron chi connectivity index (χ2n) is 6.34. The number of rotatable bonds is 7. The summed E-state index contributed by atoms with van der Waals surface area (Å²) in [5, 5.41) is 20.5. The molecule has 0 aliphatic carbocycles. The Morgan fingerprint density at radius 3 is 2.53 bits per heavy atom. The number of benzene rings is 2. The molecule has 2 aromatic carbocycles. The number of aromatic nitrogens is 1. The largest absolute Gasteiger partial charge is 0.449 e. The first-order valence-corrected chi connectivity index (χ1v) is 8.89. The van der Waals surface area contributed by atoms with Crippen LogP contribution in [-0.4, -0.2) is 28.1 Å². The first-order chi connectivity index (χ1) is 14.3. The van der Waals surface area contributed by atoms with E-state index in [9.17, 15) is 19.7 Å². The summed E-state index contributed by atoms with van der Waals surface area (Å²) in [6.07, 6.45) is -1.16. The monoisotopic (exact) mass is 410 g/mol. The van der Waals surface area contributed by atoms with Crippen molar-refractivity contribution in [2.45, 2.75) is 20.0 Å². The predicted octanol–water partition coefficient (Wildman–Crippen LogP) is 3.82. The fraction of sp³-hybridized carbons (Fsp3) is 0.150. The molecule has 10 heteroatoms. The van der Waals surface area contributed by atoms with E-state index in [0.29, 0.717) is 11.4 Å². The van der Waals surface area contributed by atoms with Crippen LogP contribution in [0.5, 0.6) is 0 Å². The lowest BCUT2D eigenvalue weighted by atomic mass is 10.1. The van der Waals surface area contributed by atoms with Crippen LogP contribution in [0.3, 0.4) is 0 Å². The summed E-state index contributed by atoms with van der Waals surface area (Å²) >= 11 is 0. The number of carbonyl (C=O) groups is 2. The fourth-order valence-corrected chi connectivity index (χ4v) is 2.53. The minimum absolute atomic E-state index is 0.0581. The van der Waals surface area contributed by atoms with Crippen LogP contribution < -0.4 is 10.6 Å². The number of hydrogen-bond donors (Lipinski definition) is 2. The maximum Gasteiger partial charge on any atom is 0.339 e. The van der Waals surface area contributed by atoms with E-state index in [1.165, 1.54) is 25.1 Å². The number of hydrogen-bond acceptors (Lipinski definition) is 8. The Bertz CT molecular complexity index is 1080. The molecule has 154 valence electrons. The topological polar surface area (TPSA) is 137 Å². The van der Waals surface area contributed by atoms with Gasteiger partial charge in [-0.25, -0.2) is 4.79 Å². The van der Waals surface area contributed by atoms with Crippen LogP contribution in [0.1, 0.15) is 23.0 Å². The molecular formula is C20H18N4O6. The number of aryl methyl sites for hydroxylation is 1. The average Bonchev–Trinajstić information content (AvgIpc) is 3.13. The van der Waals surface area contributed by atoms with Crippen LogP contribution >= 0.6 is 0 Å². The summed E-state index contributed by atoms with van der Waals surface area (Å²) in [5.41, 5.74) is 0.514. The molecule has 0 saturated carbocycles. The lowest BCUT2D eigenvalue weighted by Gasteiger charge is -2.13. The van der Waals surface area contributed by atoms with Crippen molar-refractivity contribution in [3.05, 3.63) is 76.0 Å². The van der Waals surface area contributed by atoms with Crippen LogP contribution in [0.25, 0.3) is 0 Å². The first-order valence-electron chi connectivity index (χ1n) is 8.89. The van der Waals surface area contributed by atoms with E-state index in [1.54, 1.807) is 31.2 Å². The van der Waals surface area contributed by atoms with Gasteiger partial charge >= 0.3 is 5.97 Å². The van der Waals surface area contributed by atoms with Gasteiger partial charge < -0.3 is 19.9 Å². The molecule has 3 rings (SSSR count). The van der Waals surface area contributed by atoms with Crippen LogP contribution in [0.2, 0.25) is 0 Å². The van der Waals surface area contributed by atoms with Crippen molar-refractivity contribution in [2.24, 2.45) is 0 Å². The highest BCUT2D eigenvalue weighted by Gasteiger charge is 2.23. The van der Waals surface area contributed by atoms with Gasteiger partial charge in [0.15, 0.2) is 11.9 Å². The van der Waals surface area contributed by atoms with Crippen LogP contribution in [0.4, 0.5) is 22.9 Å². The normalized spacial score (nSPS) is 11.4. The zero-order valence-electron chi connectivity index (χ0n) is 16.1. The van der Waals surface area contributed by atoms with Gasteiger partial charge in [-0.1, -0.05) is 23.4 Å². The molecule has 0 unspecified atom stereocenters. The molecule has 1 atom stereocenters. The van der Waals surface area contributed by atoms with Gasteiger partial charge in [0.05, 0.1) is 10.5 Å². The van der Waals surface area contributed by atoms with Crippen molar-refractivity contribution in [3.8, 4) is 0 Å². The zero-order valence-corrected chi connectivity index (χ0v) is 16.1. The molecule has 0 radical (unpaired) electrons. The summed E-state index contributed by atoms with van der Waals surface area (Å²) in [6, 6.07) is 14.3. The average molecular weight is 410 g/mol. The fourth-order valence-electron chi connectivity index (χ4n) is 2.53. The van der Waals surface area contributed by atoms with Gasteiger partial charge in [0, 0.05) is 17.8 Å². The minimum Gasteiger partial charge on any atom is -0.449 e. The molecule has 10 nitrogen and oxygen atoms in total. The predicted molar refractivity (Wildman–Crippen MR) is 108 cm³/mol. The molecule has 0 spiro atoms. The molecule has 2 N–H and O–H groups in total. The Hall–Kier alpha value is -4.21. The number of anilines is 3. The number of amides is 1. The molecular weight excluding hydrogens is 392 g/mol. The highest BCUT2D eigenvalue weighted by Crippen LogP contribution is 2.29. The SMILES string of the molecule is Cc1cc(NC(=O)[C@H](C)OC(=O)c2ccc(Nc3ccccc3)c([N+](=O)[O-])c2)no1. The summed E-state index contributed by atoms with van der Waals surface area (Å²) < 4.78 is 9.96. The van der Waals surface area contributed by atoms with E-state index in [4.69, 9.17) is 9.26 Å². The lowest BCUT2D eigenvalue weighted by molar-refractivity contribution is -0.383. The molecule has 0 bridgehead atoms. The Morgan fingerprint density at radius 2 is 1.90 bits per heavy atom. The molecule has 1 heterocycles. The van der Waals surface area contributed by atoms with Gasteiger partial charge in [0.25, 0.3) is 11.6 Å². The van der Waals surface area contributed by atoms with Gasteiger partial charge in [-0.05, 0) is 38.1 Å². The van der Waals surface area contributed by atoms with Crippen molar-refractivity contribution < 1.29 is 23.8 Å². The Morgan fingerprint density at radius 1 is 1.17 bits per heavy atom. The molecule has 1 amide bonds. The van der Waals surface area contributed by atoms with E-state index in [0.717, 1.165) is 6.07 Å². The molecule has 1 aromatic heterocycles. The van der Waals surface area contributed by atoms with Gasteiger partial charge in [-0.15, -0.1) is 0 Å². The van der Waals surface area contributed by atoms with E-state index in [2.05, 4.69) is 15.8 Å². The van der Waals surface area contributed by atoms with Crippen molar-refractivity contribution in [2.75, 3.05) is 10.6 Å². The second-order valence-corrected chi connectivity index (χ2v) is 6.34. The van der Waals surface area contributed by atoms with E-state index >= 15 is 0 Å².